The molecule has 0 saturated carbocycles. The van der Waals surface area contributed by atoms with Crippen LogP contribution in [-0.4, -0.2) is 26.0 Å². The topological polar surface area (TPSA) is 21.3 Å². The van der Waals surface area contributed by atoms with Gasteiger partial charge in [-0.1, -0.05) is 11.6 Å². The van der Waals surface area contributed by atoms with Crippen LogP contribution in [0.5, 0.6) is 0 Å². The van der Waals surface area contributed by atoms with E-state index in [4.69, 9.17) is 16.3 Å². The molecule has 0 radical (unpaired) electrons. The molecule has 1 rings (SSSR count). The van der Waals surface area contributed by atoms with E-state index in [1.807, 2.05) is 18.2 Å². The number of ether oxygens (including phenoxy) is 1. The van der Waals surface area contributed by atoms with Crippen molar-refractivity contribution >= 4 is 29.1 Å². The van der Waals surface area contributed by atoms with Gasteiger partial charge in [-0.05, 0) is 37.8 Å². The molecule has 1 aromatic rings. The minimum Gasteiger partial charge on any atom is -0.385 e. The highest BCUT2D eigenvalue weighted by Crippen LogP contribution is 2.29. The number of benzene rings is 1. The second kappa shape index (κ2) is 7.05. The zero-order valence-electron chi connectivity index (χ0n) is 9.92. The van der Waals surface area contributed by atoms with Crippen molar-refractivity contribution in [1.82, 2.24) is 0 Å². The Morgan fingerprint density at radius 2 is 2.25 bits per heavy atom. The summed E-state index contributed by atoms with van der Waals surface area (Å²) in [4.78, 5) is 1.22. The molecule has 1 unspecified atom stereocenters. The first-order valence-electron chi connectivity index (χ1n) is 5.26. The molecular formula is C12H18ClNOS. The number of methoxy groups -OCH3 is 1. The first-order chi connectivity index (χ1) is 7.67. The molecule has 0 aliphatic carbocycles. The molecular weight excluding hydrogens is 242 g/mol. The number of thioether (sulfide) groups is 1. The summed E-state index contributed by atoms with van der Waals surface area (Å²) >= 11 is 7.71. The van der Waals surface area contributed by atoms with E-state index in [2.05, 4.69) is 18.5 Å². The van der Waals surface area contributed by atoms with E-state index in [0.29, 0.717) is 6.04 Å². The van der Waals surface area contributed by atoms with E-state index < -0.39 is 0 Å². The van der Waals surface area contributed by atoms with Crippen molar-refractivity contribution in [1.29, 1.82) is 0 Å². The molecule has 0 saturated heterocycles. The maximum absolute atomic E-state index is 5.99. The number of halogens is 1. The second-order valence-electron chi connectivity index (χ2n) is 3.67. The van der Waals surface area contributed by atoms with Crippen molar-refractivity contribution < 1.29 is 4.74 Å². The van der Waals surface area contributed by atoms with E-state index in [1.54, 1.807) is 18.9 Å². The Hall–Kier alpha value is -0.380. The van der Waals surface area contributed by atoms with Crippen LogP contribution >= 0.6 is 23.4 Å². The molecule has 0 aliphatic rings. The monoisotopic (exact) mass is 259 g/mol. The summed E-state index contributed by atoms with van der Waals surface area (Å²) in [6, 6.07) is 6.30. The molecule has 16 heavy (non-hydrogen) atoms. The molecule has 0 amide bonds. The molecule has 4 heteroatoms. The normalized spacial score (nSPS) is 12.5. The second-order valence-corrected chi connectivity index (χ2v) is 4.96. The van der Waals surface area contributed by atoms with Gasteiger partial charge in [-0.15, -0.1) is 11.8 Å². The predicted molar refractivity (Wildman–Crippen MR) is 72.8 cm³/mol. The Morgan fingerprint density at radius 1 is 1.50 bits per heavy atom. The van der Waals surface area contributed by atoms with Gasteiger partial charge in [-0.2, -0.15) is 0 Å². The predicted octanol–water partition coefficient (Wildman–Crippen LogP) is 3.90. The van der Waals surface area contributed by atoms with Gasteiger partial charge in [0.05, 0.1) is 0 Å². The maximum Gasteiger partial charge on any atom is 0.0495 e. The Balaban J connectivity index is 2.67. The standard InChI is InChI=1S/C12H18ClNOS/c1-9(6-7-15-2)14-11-8-10(13)4-5-12(11)16-3/h4-5,8-9,14H,6-7H2,1-3H3. The Morgan fingerprint density at radius 3 is 2.88 bits per heavy atom. The van der Waals surface area contributed by atoms with Gasteiger partial charge in [0.1, 0.15) is 0 Å². The molecule has 0 bridgehead atoms. The molecule has 2 nitrogen and oxygen atoms in total. The van der Waals surface area contributed by atoms with Crippen LogP contribution in [0, 0.1) is 0 Å². The minimum absolute atomic E-state index is 0.379. The Labute approximate surface area is 107 Å². The largest absolute Gasteiger partial charge is 0.385 e. The third-order valence-corrected chi connectivity index (χ3v) is 3.35. The number of anilines is 1. The summed E-state index contributed by atoms with van der Waals surface area (Å²) in [6.45, 7) is 2.91. The van der Waals surface area contributed by atoms with Crippen molar-refractivity contribution in [2.24, 2.45) is 0 Å². The summed E-state index contributed by atoms with van der Waals surface area (Å²) in [5.41, 5.74) is 1.10. The summed E-state index contributed by atoms with van der Waals surface area (Å²) in [7, 11) is 1.72. The number of nitrogens with one attached hydrogen (secondary N) is 1. The van der Waals surface area contributed by atoms with Crippen LogP contribution in [0.25, 0.3) is 0 Å². The average molecular weight is 260 g/mol. The van der Waals surface area contributed by atoms with Crippen LogP contribution in [0.3, 0.4) is 0 Å². The van der Waals surface area contributed by atoms with Crippen LogP contribution in [0.4, 0.5) is 5.69 Å². The summed E-state index contributed by atoms with van der Waals surface area (Å²) in [6.07, 6.45) is 3.05. The van der Waals surface area contributed by atoms with Crippen LogP contribution in [0.15, 0.2) is 23.1 Å². The zero-order chi connectivity index (χ0) is 12.0. The van der Waals surface area contributed by atoms with Gasteiger partial charge in [0.15, 0.2) is 0 Å². The maximum atomic E-state index is 5.99. The van der Waals surface area contributed by atoms with Crippen LogP contribution in [0.2, 0.25) is 5.02 Å². The average Bonchev–Trinajstić information content (AvgIpc) is 2.27. The van der Waals surface area contributed by atoms with Gasteiger partial charge in [0.25, 0.3) is 0 Å². The summed E-state index contributed by atoms with van der Waals surface area (Å²) < 4.78 is 5.06. The lowest BCUT2D eigenvalue weighted by molar-refractivity contribution is 0.191. The molecule has 0 fully saturated rings. The molecule has 1 atom stereocenters. The third kappa shape index (κ3) is 4.24. The third-order valence-electron chi connectivity index (χ3n) is 2.32. The van der Waals surface area contributed by atoms with Gasteiger partial charge >= 0.3 is 0 Å². The fourth-order valence-corrected chi connectivity index (χ4v) is 2.14. The quantitative estimate of drug-likeness (QED) is 0.783. The van der Waals surface area contributed by atoms with E-state index in [-0.39, 0.29) is 0 Å². The van der Waals surface area contributed by atoms with Crippen molar-refractivity contribution in [3.05, 3.63) is 23.2 Å². The molecule has 90 valence electrons. The molecule has 1 N–H and O–H groups in total. The van der Waals surface area contributed by atoms with E-state index >= 15 is 0 Å². The van der Waals surface area contributed by atoms with Crippen LogP contribution < -0.4 is 5.32 Å². The van der Waals surface area contributed by atoms with E-state index in [1.165, 1.54) is 4.90 Å². The van der Waals surface area contributed by atoms with Crippen molar-refractivity contribution in [2.45, 2.75) is 24.3 Å². The molecule has 0 spiro atoms. The van der Waals surface area contributed by atoms with Crippen LogP contribution in [-0.2, 0) is 4.74 Å². The lowest BCUT2D eigenvalue weighted by Gasteiger charge is -2.17. The lowest BCUT2D eigenvalue weighted by Crippen LogP contribution is -2.17. The van der Waals surface area contributed by atoms with Crippen molar-refractivity contribution in [3.8, 4) is 0 Å². The van der Waals surface area contributed by atoms with Crippen molar-refractivity contribution in [2.75, 3.05) is 25.3 Å². The van der Waals surface area contributed by atoms with Crippen molar-refractivity contribution in [3.63, 3.8) is 0 Å². The zero-order valence-corrected chi connectivity index (χ0v) is 11.5. The highest BCUT2D eigenvalue weighted by molar-refractivity contribution is 7.98. The molecule has 0 heterocycles. The highest BCUT2D eigenvalue weighted by Gasteiger charge is 2.06. The van der Waals surface area contributed by atoms with Gasteiger partial charge < -0.3 is 10.1 Å². The van der Waals surface area contributed by atoms with Gasteiger partial charge in [-0.25, -0.2) is 0 Å². The van der Waals surface area contributed by atoms with E-state index in [0.717, 1.165) is 23.7 Å². The van der Waals surface area contributed by atoms with Gasteiger partial charge in [0.2, 0.25) is 0 Å². The number of rotatable bonds is 6. The fraction of sp³-hybridized carbons (Fsp3) is 0.500. The SMILES string of the molecule is COCCC(C)Nc1cc(Cl)ccc1SC. The highest BCUT2D eigenvalue weighted by atomic mass is 35.5. The fourth-order valence-electron chi connectivity index (χ4n) is 1.43. The molecule has 1 aromatic carbocycles. The van der Waals surface area contributed by atoms with Gasteiger partial charge in [0, 0.05) is 35.4 Å². The molecule has 0 aromatic heterocycles. The summed E-state index contributed by atoms with van der Waals surface area (Å²) in [5.74, 6) is 0. The first kappa shape index (κ1) is 13.7. The Kier molecular flexibility index (Phi) is 6.03. The van der Waals surface area contributed by atoms with E-state index in [9.17, 15) is 0 Å². The minimum atomic E-state index is 0.379. The van der Waals surface area contributed by atoms with Gasteiger partial charge in [-0.3, -0.25) is 0 Å². The number of hydrogen-bond acceptors (Lipinski definition) is 3. The smallest absolute Gasteiger partial charge is 0.0495 e. The molecule has 0 aliphatic heterocycles. The number of hydrogen-bond donors (Lipinski definition) is 1. The summed E-state index contributed by atoms with van der Waals surface area (Å²) in [5, 5.41) is 4.21. The lowest BCUT2D eigenvalue weighted by atomic mass is 10.2. The van der Waals surface area contributed by atoms with Crippen LogP contribution in [0.1, 0.15) is 13.3 Å². The Bertz CT molecular complexity index is 333. The first-order valence-corrected chi connectivity index (χ1v) is 6.86.